The molecule has 0 fully saturated rings. The molecule has 0 saturated carbocycles. The molecule has 3 aromatic carbocycles. The number of nitrogens with zero attached hydrogens (tertiary/aromatic N) is 2. The highest BCUT2D eigenvalue weighted by atomic mass is 35.5. The lowest BCUT2D eigenvalue weighted by Gasteiger charge is -2.48. The van der Waals surface area contributed by atoms with E-state index in [9.17, 15) is 20.8 Å². The number of hydrogen-bond donors (Lipinski definition) is 1. The van der Waals surface area contributed by atoms with E-state index < -0.39 is 28.4 Å². The molecule has 1 unspecified atom stereocenters. The summed E-state index contributed by atoms with van der Waals surface area (Å²) in [6, 6.07) is 21.4. The normalized spacial score (nSPS) is 24.9. The molecule has 2 aliphatic rings. The van der Waals surface area contributed by atoms with E-state index in [0.717, 1.165) is 5.56 Å². The molecule has 0 spiro atoms. The average molecular weight is 518 g/mol. The molecule has 0 aromatic heterocycles. The van der Waals surface area contributed by atoms with Crippen LogP contribution in [-0.2, 0) is 0 Å². The minimum Gasteiger partial charge on any atom is -0.477 e. The van der Waals surface area contributed by atoms with Crippen molar-refractivity contribution < 1.29 is 9.66 Å². The van der Waals surface area contributed by atoms with Gasteiger partial charge in [-0.2, -0.15) is 5.26 Å². The van der Waals surface area contributed by atoms with Crippen LogP contribution in [0.25, 0.3) is 5.57 Å². The maximum Gasteiger partial charge on any atom is 0.311 e. The fourth-order valence-electron chi connectivity index (χ4n) is 5.67. The van der Waals surface area contributed by atoms with Crippen molar-refractivity contribution >= 4 is 34.5 Å². The minimum absolute atomic E-state index is 0.0241. The zero-order valence-electron chi connectivity index (χ0n) is 19.5. The second-order valence-corrected chi connectivity index (χ2v) is 10.1. The van der Waals surface area contributed by atoms with Crippen LogP contribution < -0.4 is 4.74 Å². The molecule has 180 valence electrons. The van der Waals surface area contributed by atoms with Gasteiger partial charge in [-0.3, -0.25) is 15.5 Å². The Morgan fingerprint density at radius 2 is 1.69 bits per heavy atom. The summed E-state index contributed by atoms with van der Waals surface area (Å²) in [5, 5.41) is 33.5. The second-order valence-electron chi connectivity index (χ2n) is 9.22. The molecule has 0 saturated heterocycles. The summed E-state index contributed by atoms with van der Waals surface area (Å²) in [4.78, 5) is 12.7. The molecule has 8 heteroatoms. The van der Waals surface area contributed by atoms with E-state index in [1.54, 1.807) is 54.6 Å². The Labute approximate surface area is 218 Å². The van der Waals surface area contributed by atoms with E-state index in [1.807, 2.05) is 26.0 Å². The first-order valence-corrected chi connectivity index (χ1v) is 12.1. The van der Waals surface area contributed by atoms with Gasteiger partial charge in [0.1, 0.15) is 17.5 Å². The quantitative estimate of drug-likeness (QED) is 0.293. The zero-order chi connectivity index (χ0) is 25.8. The molecule has 0 radical (unpaired) electrons. The topological polar surface area (TPSA) is 100 Å². The van der Waals surface area contributed by atoms with Crippen molar-refractivity contribution in [3.8, 4) is 11.8 Å². The standard InChI is InChI=1S/C28H21Cl2N3O3/c1-15-3-5-18(6-4-15)27-28(33(34)35)25(21-13-20(30)11-12-23(21)36-27)16(2)24(22(14-31)26(28)32)17-7-9-19(29)10-8-17/h3-13,16,25,27,32H,1-2H3/t16?,25-,27+,28-/m1/s1. The lowest BCUT2D eigenvalue weighted by molar-refractivity contribution is -0.568. The van der Waals surface area contributed by atoms with Crippen molar-refractivity contribution in [1.29, 1.82) is 10.7 Å². The first-order chi connectivity index (χ1) is 17.2. The van der Waals surface area contributed by atoms with Gasteiger partial charge in [0.25, 0.3) is 0 Å². The summed E-state index contributed by atoms with van der Waals surface area (Å²) in [5.74, 6) is -0.867. The summed E-state index contributed by atoms with van der Waals surface area (Å²) in [6.45, 7) is 3.79. The Kier molecular flexibility index (Phi) is 5.86. The summed E-state index contributed by atoms with van der Waals surface area (Å²) >= 11 is 12.5. The molecule has 1 heterocycles. The molecule has 36 heavy (non-hydrogen) atoms. The van der Waals surface area contributed by atoms with E-state index in [2.05, 4.69) is 6.07 Å². The third-order valence-corrected chi connectivity index (χ3v) is 7.74. The molecule has 4 atom stereocenters. The fourth-order valence-corrected chi connectivity index (χ4v) is 5.98. The van der Waals surface area contributed by atoms with E-state index in [0.29, 0.717) is 38.1 Å². The molecule has 1 aliphatic heterocycles. The lowest BCUT2D eigenvalue weighted by atomic mass is 9.57. The van der Waals surface area contributed by atoms with Crippen LogP contribution in [-0.4, -0.2) is 16.2 Å². The third-order valence-electron chi connectivity index (χ3n) is 7.25. The van der Waals surface area contributed by atoms with Crippen LogP contribution in [0.4, 0.5) is 0 Å². The van der Waals surface area contributed by atoms with E-state index in [-0.39, 0.29) is 11.3 Å². The zero-order valence-corrected chi connectivity index (χ0v) is 21.0. The van der Waals surface area contributed by atoms with Gasteiger partial charge in [-0.15, -0.1) is 0 Å². The Hall–Kier alpha value is -3.66. The van der Waals surface area contributed by atoms with Gasteiger partial charge in [-0.25, -0.2) is 0 Å². The molecule has 1 aliphatic carbocycles. The number of benzene rings is 3. The first-order valence-electron chi connectivity index (χ1n) is 11.4. The number of ether oxygens (including phenoxy) is 1. The van der Waals surface area contributed by atoms with Crippen LogP contribution in [0, 0.1) is 39.7 Å². The number of fused-ring (bicyclic) bond motifs is 3. The van der Waals surface area contributed by atoms with Crippen molar-refractivity contribution in [2.24, 2.45) is 5.92 Å². The molecule has 1 N–H and O–H groups in total. The van der Waals surface area contributed by atoms with E-state index >= 15 is 0 Å². The Morgan fingerprint density at radius 1 is 1.06 bits per heavy atom. The van der Waals surface area contributed by atoms with Crippen molar-refractivity contribution in [2.45, 2.75) is 31.4 Å². The van der Waals surface area contributed by atoms with Gasteiger partial charge in [-0.1, -0.05) is 72.1 Å². The highest BCUT2D eigenvalue weighted by Gasteiger charge is 2.70. The van der Waals surface area contributed by atoms with Crippen LogP contribution in [0.1, 0.15) is 41.2 Å². The van der Waals surface area contributed by atoms with Crippen molar-refractivity contribution in [3.05, 3.63) is 115 Å². The lowest BCUT2D eigenvalue weighted by Crippen LogP contribution is -2.62. The Bertz CT molecular complexity index is 1480. The Balaban J connectivity index is 1.87. The number of aryl methyl sites for hydroxylation is 1. The highest BCUT2D eigenvalue weighted by molar-refractivity contribution is 6.31. The molecular weight excluding hydrogens is 497 g/mol. The molecule has 6 nitrogen and oxygen atoms in total. The maximum absolute atomic E-state index is 13.2. The number of nitrogens with one attached hydrogen (secondary N) is 1. The predicted molar refractivity (Wildman–Crippen MR) is 139 cm³/mol. The number of nitriles is 1. The van der Waals surface area contributed by atoms with Crippen molar-refractivity contribution in [1.82, 2.24) is 0 Å². The summed E-state index contributed by atoms with van der Waals surface area (Å²) in [6.07, 6.45) is -1.13. The predicted octanol–water partition coefficient (Wildman–Crippen LogP) is 7.18. The van der Waals surface area contributed by atoms with Gasteiger partial charge >= 0.3 is 5.54 Å². The number of nitro groups is 1. The summed E-state index contributed by atoms with van der Waals surface area (Å²) in [5.41, 5.74) is 0.902. The highest BCUT2D eigenvalue weighted by Crippen LogP contribution is 2.60. The number of allylic oxidation sites excluding steroid dienone is 1. The van der Waals surface area contributed by atoms with Crippen LogP contribution in [0.15, 0.2) is 72.3 Å². The number of rotatable bonds is 3. The van der Waals surface area contributed by atoms with Gasteiger partial charge in [0.15, 0.2) is 0 Å². The maximum atomic E-state index is 13.2. The average Bonchev–Trinajstić information content (AvgIpc) is 2.86. The number of hydrogen-bond acceptors (Lipinski definition) is 5. The van der Waals surface area contributed by atoms with Crippen LogP contribution in [0.2, 0.25) is 10.0 Å². The minimum atomic E-state index is -2.05. The summed E-state index contributed by atoms with van der Waals surface area (Å²) in [7, 11) is 0. The molecule has 3 aromatic rings. The SMILES string of the molecule is Cc1ccc([C@@H]2Oc3ccc(Cl)cc3[C@H]3C(C)C(c4ccc(Cl)cc4)=C(C#N)C(=N)[C@@]23[N+](=O)[O-])cc1. The van der Waals surface area contributed by atoms with Crippen molar-refractivity contribution in [2.75, 3.05) is 0 Å². The second kappa shape index (κ2) is 8.77. The first kappa shape index (κ1) is 24.1. The van der Waals surface area contributed by atoms with Gasteiger partial charge in [-0.05, 0) is 54.3 Å². The van der Waals surface area contributed by atoms with Crippen LogP contribution in [0.3, 0.4) is 0 Å². The van der Waals surface area contributed by atoms with Crippen LogP contribution in [0.5, 0.6) is 5.75 Å². The Morgan fingerprint density at radius 3 is 2.31 bits per heavy atom. The van der Waals surface area contributed by atoms with Gasteiger partial charge in [0, 0.05) is 26.1 Å². The monoisotopic (exact) mass is 517 g/mol. The van der Waals surface area contributed by atoms with E-state index in [4.69, 9.17) is 27.9 Å². The van der Waals surface area contributed by atoms with Crippen LogP contribution >= 0.6 is 23.2 Å². The smallest absolute Gasteiger partial charge is 0.311 e. The molecule has 0 amide bonds. The molecule has 0 bridgehead atoms. The molecule has 5 rings (SSSR count). The van der Waals surface area contributed by atoms with Gasteiger partial charge in [0.2, 0.25) is 6.10 Å². The third kappa shape index (κ3) is 3.42. The fraction of sp³-hybridized carbons (Fsp3) is 0.214. The summed E-state index contributed by atoms with van der Waals surface area (Å²) < 4.78 is 6.32. The van der Waals surface area contributed by atoms with Gasteiger partial charge in [0.05, 0.1) is 11.5 Å². The molecular formula is C28H21Cl2N3O3. The van der Waals surface area contributed by atoms with E-state index in [1.165, 1.54) is 0 Å². The van der Waals surface area contributed by atoms with Gasteiger partial charge < -0.3 is 4.74 Å². The van der Waals surface area contributed by atoms with Crippen molar-refractivity contribution in [3.63, 3.8) is 0 Å². The largest absolute Gasteiger partial charge is 0.477 e. The number of halogens is 2.